The molecule has 1 aliphatic rings. The number of hydroxylamine groups is 2. The zero-order valence-electron chi connectivity index (χ0n) is 13.5. The lowest BCUT2D eigenvalue weighted by Crippen LogP contribution is -2.35. The monoisotopic (exact) mass is 325 g/mol. The van der Waals surface area contributed by atoms with Gasteiger partial charge in [-0.3, -0.25) is 14.7 Å². The van der Waals surface area contributed by atoms with E-state index in [4.69, 9.17) is 4.84 Å². The Hall–Kier alpha value is -2.67. The van der Waals surface area contributed by atoms with E-state index in [9.17, 15) is 4.79 Å². The molecule has 0 radical (unpaired) electrons. The van der Waals surface area contributed by atoms with E-state index >= 15 is 0 Å². The van der Waals surface area contributed by atoms with Crippen LogP contribution < -0.4 is 0 Å². The van der Waals surface area contributed by atoms with Gasteiger partial charge < -0.3 is 4.57 Å². The van der Waals surface area contributed by atoms with Crippen molar-refractivity contribution in [2.75, 3.05) is 13.2 Å². The number of carbonyl (C=O) groups excluding carboxylic acids is 1. The van der Waals surface area contributed by atoms with E-state index in [2.05, 4.69) is 19.7 Å². The van der Waals surface area contributed by atoms with E-state index in [0.717, 1.165) is 35.4 Å². The average Bonchev–Trinajstić information content (AvgIpc) is 3.21. The molecule has 24 heavy (non-hydrogen) atoms. The second-order valence-electron chi connectivity index (χ2n) is 5.96. The van der Waals surface area contributed by atoms with Crippen molar-refractivity contribution in [2.24, 2.45) is 0 Å². The maximum absolute atomic E-state index is 12.4. The zero-order valence-corrected chi connectivity index (χ0v) is 13.5. The van der Waals surface area contributed by atoms with Gasteiger partial charge in [0.05, 0.1) is 29.9 Å². The number of amides is 1. The summed E-state index contributed by atoms with van der Waals surface area (Å²) < 4.78 is 2.11. The van der Waals surface area contributed by atoms with Gasteiger partial charge in [-0.25, -0.2) is 10.0 Å². The van der Waals surface area contributed by atoms with E-state index in [1.54, 1.807) is 6.07 Å². The quantitative estimate of drug-likeness (QED) is 0.801. The number of hydrogen-bond acceptors (Lipinski definition) is 4. The van der Waals surface area contributed by atoms with Crippen molar-refractivity contribution in [3.8, 4) is 0 Å². The number of aromatic nitrogens is 4. The average molecular weight is 325 g/mol. The fourth-order valence-electron chi connectivity index (χ4n) is 3.00. The molecule has 0 unspecified atom stereocenters. The second-order valence-corrected chi connectivity index (χ2v) is 5.96. The fraction of sp³-hybridized carbons (Fsp3) is 0.353. The van der Waals surface area contributed by atoms with Crippen molar-refractivity contribution in [1.29, 1.82) is 0 Å². The van der Waals surface area contributed by atoms with Crippen LogP contribution in [0.5, 0.6) is 0 Å². The number of aryl methyl sites for hydroxylation is 1. The lowest BCUT2D eigenvalue weighted by molar-refractivity contribution is -0.144. The van der Waals surface area contributed by atoms with Crippen LogP contribution in [0.25, 0.3) is 11.0 Å². The van der Waals surface area contributed by atoms with Crippen LogP contribution in [0.15, 0.2) is 30.3 Å². The lowest BCUT2D eigenvalue weighted by atomic mass is 10.2. The zero-order chi connectivity index (χ0) is 16.5. The molecule has 0 bridgehead atoms. The van der Waals surface area contributed by atoms with Gasteiger partial charge in [-0.2, -0.15) is 5.10 Å². The summed E-state index contributed by atoms with van der Waals surface area (Å²) in [4.78, 5) is 22.4. The highest BCUT2D eigenvalue weighted by atomic mass is 16.7. The van der Waals surface area contributed by atoms with Gasteiger partial charge in [-0.1, -0.05) is 12.1 Å². The minimum atomic E-state index is -0.190. The van der Waals surface area contributed by atoms with Gasteiger partial charge >= 0.3 is 0 Å². The molecular weight excluding hydrogens is 306 g/mol. The van der Waals surface area contributed by atoms with Crippen LogP contribution in [-0.2, 0) is 11.4 Å². The van der Waals surface area contributed by atoms with Crippen molar-refractivity contribution < 1.29 is 9.63 Å². The van der Waals surface area contributed by atoms with Crippen molar-refractivity contribution in [3.63, 3.8) is 0 Å². The van der Waals surface area contributed by atoms with Gasteiger partial charge in [-0.15, -0.1) is 0 Å². The second kappa shape index (κ2) is 6.09. The van der Waals surface area contributed by atoms with Crippen molar-refractivity contribution >= 4 is 16.9 Å². The van der Waals surface area contributed by atoms with Crippen LogP contribution in [0, 0.1) is 6.92 Å². The summed E-state index contributed by atoms with van der Waals surface area (Å²) >= 11 is 0. The maximum atomic E-state index is 12.4. The summed E-state index contributed by atoms with van der Waals surface area (Å²) in [6.45, 7) is 3.77. The molecule has 2 aromatic heterocycles. The summed E-state index contributed by atoms with van der Waals surface area (Å²) in [6, 6.07) is 9.79. The highest BCUT2D eigenvalue weighted by Crippen LogP contribution is 2.17. The highest BCUT2D eigenvalue weighted by molar-refractivity contribution is 5.91. The van der Waals surface area contributed by atoms with Crippen LogP contribution in [-0.4, -0.2) is 43.9 Å². The summed E-state index contributed by atoms with van der Waals surface area (Å²) in [7, 11) is 0. The highest BCUT2D eigenvalue weighted by Gasteiger charge is 2.22. The van der Waals surface area contributed by atoms with Crippen LogP contribution in [0.4, 0.5) is 0 Å². The molecule has 0 spiro atoms. The molecule has 1 N–H and O–H groups in total. The van der Waals surface area contributed by atoms with Crippen LogP contribution in [0.1, 0.15) is 34.8 Å². The number of benzene rings is 1. The molecule has 7 nitrogen and oxygen atoms in total. The first-order chi connectivity index (χ1) is 11.7. The third-order valence-electron chi connectivity index (χ3n) is 4.25. The first kappa shape index (κ1) is 14.9. The number of para-hydroxylation sites is 2. The minimum absolute atomic E-state index is 0.190. The molecule has 1 saturated heterocycles. The lowest BCUT2D eigenvalue weighted by Gasteiger charge is -2.24. The van der Waals surface area contributed by atoms with E-state index in [0.29, 0.717) is 25.4 Å². The standard InChI is InChI=1S/C17H19N5O2/c1-12-18-14-6-2-3-7-16(14)21(12)11-13-10-15(20-19-13)17(23)22-8-4-5-9-24-22/h2-3,6-7,10H,4-5,8-9,11H2,1H3,(H,19,20). The molecule has 1 aliphatic heterocycles. The molecule has 3 heterocycles. The Morgan fingerprint density at radius 3 is 3.04 bits per heavy atom. The summed E-state index contributed by atoms with van der Waals surface area (Å²) in [5, 5.41) is 8.51. The van der Waals surface area contributed by atoms with Gasteiger partial charge in [0.25, 0.3) is 5.91 Å². The first-order valence-electron chi connectivity index (χ1n) is 8.13. The minimum Gasteiger partial charge on any atom is -0.322 e. The molecule has 1 aromatic carbocycles. The topological polar surface area (TPSA) is 76.0 Å². The van der Waals surface area contributed by atoms with Crippen LogP contribution in [0.3, 0.4) is 0 Å². The van der Waals surface area contributed by atoms with Crippen molar-refractivity contribution in [1.82, 2.24) is 24.8 Å². The molecule has 0 aliphatic carbocycles. The molecule has 1 fully saturated rings. The number of fused-ring (bicyclic) bond motifs is 1. The molecule has 1 amide bonds. The Morgan fingerprint density at radius 2 is 2.21 bits per heavy atom. The van der Waals surface area contributed by atoms with Crippen molar-refractivity contribution in [3.05, 3.63) is 47.5 Å². The van der Waals surface area contributed by atoms with Gasteiger partial charge in [0, 0.05) is 6.54 Å². The Morgan fingerprint density at radius 1 is 1.33 bits per heavy atom. The van der Waals surface area contributed by atoms with Crippen LogP contribution >= 0.6 is 0 Å². The van der Waals surface area contributed by atoms with Crippen molar-refractivity contribution in [2.45, 2.75) is 26.3 Å². The number of imidazole rings is 1. The fourth-order valence-corrected chi connectivity index (χ4v) is 3.00. The molecular formula is C17H19N5O2. The van der Waals surface area contributed by atoms with E-state index in [1.807, 2.05) is 31.2 Å². The molecule has 0 saturated carbocycles. The Balaban J connectivity index is 1.56. The van der Waals surface area contributed by atoms with Gasteiger partial charge in [0.1, 0.15) is 5.82 Å². The summed E-state index contributed by atoms with van der Waals surface area (Å²) in [5.41, 5.74) is 3.28. The maximum Gasteiger partial charge on any atom is 0.297 e. The number of hydrogen-bond donors (Lipinski definition) is 1. The molecule has 4 rings (SSSR count). The Kier molecular flexibility index (Phi) is 3.78. The molecule has 0 atom stereocenters. The van der Waals surface area contributed by atoms with Crippen LogP contribution in [0.2, 0.25) is 0 Å². The smallest absolute Gasteiger partial charge is 0.297 e. The van der Waals surface area contributed by atoms with Gasteiger partial charge in [-0.05, 0) is 38.0 Å². The molecule has 124 valence electrons. The number of carbonyl (C=O) groups is 1. The number of aromatic amines is 1. The third-order valence-corrected chi connectivity index (χ3v) is 4.25. The number of H-pyrrole nitrogens is 1. The van der Waals surface area contributed by atoms with Gasteiger partial charge in [0.2, 0.25) is 0 Å². The Labute approximate surface area is 139 Å². The van der Waals surface area contributed by atoms with E-state index < -0.39 is 0 Å². The van der Waals surface area contributed by atoms with E-state index in [1.165, 1.54) is 5.06 Å². The molecule has 7 heteroatoms. The summed E-state index contributed by atoms with van der Waals surface area (Å²) in [6.07, 6.45) is 1.95. The normalized spacial score (nSPS) is 15.1. The Bertz CT molecular complexity index is 876. The predicted octanol–water partition coefficient (Wildman–Crippen LogP) is 2.28. The molecule has 3 aromatic rings. The summed E-state index contributed by atoms with van der Waals surface area (Å²) in [5.74, 6) is 0.738. The largest absolute Gasteiger partial charge is 0.322 e. The first-order valence-corrected chi connectivity index (χ1v) is 8.13. The van der Waals surface area contributed by atoms with Gasteiger partial charge in [0.15, 0.2) is 5.69 Å². The number of nitrogens with one attached hydrogen (secondary N) is 1. The number of nitrogens with zero attached hydrogens (tertiary/aromatic N) is 4. The number of rotatable bonds is 3. The predicted molar refractivity (Wildman–Crippen MR) is 88.4 cm³/mol. The van der Waals surface area contributed by atoms with E-state index in [-0.39, 0.29) is 5.91 Å². The third kappa shape index (κ3) is 2.67. The SMILES string of the molecule is Cc1nc2ccccc2n1Cc1cc(C(=O)N2CCCCO2)n[nH]1.